The van der Waals surface area contributed by atoms with Gasteiger partial charge in [0.2, 0.25) is 0 Å². The molecule has 2 heterocycles. The number of aromatic nitrogens is 2. The first-order valence-electron chi connectivity index (χ1n) is 8.86. The fourth-order valence-electron chi connectivity index (χ4n) is 3.14. The minimum absolute atomic E-state index is 0.0682. The molecule has 2 atom stereocenters. The van der Waals surface area contributed by atoms with Gasteiger partial charge in [0, 0.05) is 6.04 Å². The Kier molecular flexibility index (Phi) is 5.08. The molecule has 0 bridgehead atoms. The lowest BCUT2D eigenvalue weighted by molar-refractivity contribution is 0.0906. The van der Waals surface area contributed by atoms with E-state index in [4.69, 9.17) is 0 Å². The van der Waals surface area contributed by atoms with Crippen molar-refractivity contribution in [3.05, 3.63) is 41.7 Å². The first-order valence-corrected chi connectivity index (χ1v) is 8.86. The van der Waals surface area contributed by atoms with E-state index in [9.17, 15) is 9.90 Å². The highest BCUT2D eigenvalue weighted by Gasteiger charge is 2.25. The molecule has 3 rings (SSSR count). The number of hydrogen-bond donors (Lipinski definition) is 3. The summed E-state index contributed by atoms with van der Waals surface area (Å²) in [4.78, 5) is 12.5. The van der Waals surface area contributed by atoms with Crippen LogP contribution < -0.4 is 10.6 Å². The van der Waals surface area contributed by atoms with Gasteiger partial charge in [0.25, 0.3) is 5.91 Å². The van der Waals surface area contributed by atoms with Crippen molar-refractivity contribution in [3.63, 3.8) is 0 Å². The number of hydrogen-bond acceptors (Lipinski definition) is 4. The lowest BCUT2D eigenvalue weighted by atomic mass is 9.95. The van der Waals surface area contributed by atoms with Crippen molar-refractivity contribution < 1.29 is 9.90 Å². The SMILES string of the molecule is CC(C)c1ccc(-n2cc(O)c(C(=O)NC3CCNCC3C)n2)cc1. The number of rotatable bonds is 4. The number of amides is 1. The molecule has 0 aliphatic carbocycles. The van der Waals surface area contributed by atoms with Crippen molar-refractivity contribution in [1.29, 1.82) is 0 Å². The van der Waals surface area contributed by atoms with Gasteiger partial charge in [0.15, 0.2) is 11.4 Å². The van der Waals surface area contributed by atoms with Crippen LogP contribution >= 0.6 is 0 Å². The van der Waals surface area contributed by atoms with Crippen LogP contribution in [0.1, 0.15) is 49.2 Å². The summed E-state index contributed by atoms with van der Waals surface area (Å²) in [5, 5.41) is 20.7. The van der Waals surface area contributed by atoms with E-state index < -0.39 is 0 Å². The zero-order valence-electron chi connectivity index (χ0n) is 15.0. The van der Waals surface area contributed by atoms with E-state index in [0.29, 0.717) is 11.8 Å². The lowest BCUT2D eigenvalue weighted by Gasteiger charge is -2.29. The topological polar surface area (TPSA) is 79.2 Å². The van der Waals surface area contributed by atoms with Crippen molar-refractivity contribution in [2.45, 2.75) is 39.2 Å². The van der Waals surface area contributed by atoms with Crippen molar-refractivity contribution >= 4 is 5.91 Å². The van der Waals surface area contributed by atoms with E-state index in [-0.39, 0.29) is 23.4 Å². The highest BCUT2D eigenvalue weighted by molar-refractivity contribution is 5.95. The summed E-state index contributed by atoms with van der Waals surface area (Å²) in [7, 11) is 0. The largest absolute Gasteiger partial charge is 0.504 e. The zero-order chi connectivity index (χ0) is 18.0. The van der Waals surface area contributed by atoms with Gasteiger partial charge < -0.3 is 15.7 Å². The smallest absolute Gasteiger partial charge is 0.275 e. The van der Waals surface area contributed by atoms with Crippen LogP contribution in [-0.4, -0.2) is 39.9 Å². The van der Waals surface area contributed by atoms with Gasteiger partial charge in [-0.05, 0) is 49.0 Å². The molecule has 1 aliphatic rings. The van der Waals surface area contributed by atoms with Crippen LogP contribution in [-0.2, 0) is 0 Å². The number of benzene rings is 1. The average Bonchev–Trinajstić information content (AvgIpc) is 2.99. The quantitative estimate of drug-likeness (QED) is 0.797. The van der Waals surface area contributed by atoms with Crippen LogP contribution in [0.4, 0.5) is 0 Å². The van der Waals surface area contributed by atoms with Crippen LogP contribution in [0.2, 0.25) is 0 Å². The molecule has 1 aliphatic heterocycles. The Bertz CT molecular complexity index is 736. The van der Waals surface area contributed by atoms with Crippen LogP contribution in [0, 0.1) is 5.92 Å². The summed E-state index contributed by atoms with van der Waals surface area (Å²) in [5.74, 6) is 0.375. The maximum Gasteiger partial charge on any atom is 0.275 e. The molecule has 1 amide bonds. The minimum Gasteiger partial charge on any atom is -0.504 e. The molecule has 2 unspecified atom stereocenters. The molecule has 3 N–H and O–H groups in total. The predicted octanol–water partition coefficient (Wildman–Crippen LogP) is 2.43. The summed E-state index contributed by atoms with van der Waals surface area (Å²) in [6, 6.07) is 8.06. The molecule has 25 heavy (non-hydrogen) atoms. The van der Waals surface area contributed by atoms with Gasteiger partial charge >= 0.3 is 0 Å². The lowest BCUT2D eigenvalue weighted by Crippen LogP contribution is -2.48. The van der Waals surface area contributed by atoms with E-state index in [1.165, 1.54) is 11.8 Å². The number of aromatic hydroxyl groups is 1. The van der Waals surface area contributed by atoms with Crippen molar-refractivity contribution in [2.24, 2.45) is 5.92 Å². The molecule has 1 aromatic heterocycles. The molecular formula is C19H26N4O2. The van der Waals surface area contributed by atoms with Gasteiger partial charge in [-0.15, -0.1) is 0 Å². The molecule has 6 nitrogen and oxygen atoms in total. The second kappa shape index (κ2) is 7.27. The molecule has 1 aromatic carbocycles. The Hall–Kier alpha value is -2.34. The van der Waals surface area contributed by atoms with Gasteiger partial charge in [-0.1, -0.05) is 32.9 Å². The molecule has 6 heteroatoms. The Morgan fingerprint density at radius 3 is 2.72 bits per heavy atom. The highest BCUT2D eigenvalue weighted by atomic mass is 16.3. The summed E-state index contributed by atoms with van der Waals surface area (Å²) in [6.45, 7) is 8.15. The molecule has 1 saturated heterocycles. The standard InChI is InChI=1S/C19H26N4O2/c1-12(2)14-4-6-15(7-5-14)23-11-17(24)18(22-23)19(25)21-16-8-9-20-10-13(16)3/h4-7,11-13,16,20,24H,8-10H2,1-3H3,(H,21,25). The second-order valence-corrected chi connectivity index (χ2v) is 7.10. The summed E-state index contributed by atoms with van der Waals surface area (Å²) in [5.41, 5.74) is 2.12. The van der Waals surface area contributed by atoms with E-state index >= 15 is 0 Å². The normalized spacial score (nSPS) is 20.6. The van der Waals surface area contributed by atoms with E-state index in [1.807, 2.05) is 24.3 Å². The van der Waals surface area contributed by atoms with Gasteiger partial charge in [0.05, 0.1) is 11.9 Å². The summed E-state index contributed by atoms with van der Waals surface area (Å²) < 4.78 is 1.54. The maximum atomic E-state index is 12.5. The molecule has 0 spiro atoms. The predicted molar refractivity (Wildman–Crippen MR) is 97.2 cm³/mol. The number of carbonyl (C=O) groups is 1. The summed E-state index contributed by atoms with van der Waals surface area (Å²) >= 11 is 0. The average molecular weight is 342 g/mol. The maximum absolute atomic E-state index is 12.5. The fraction of sp³-hybridized carbons (Fsp3) is 0.474. The third-order valence-electron chi connectivity index (χ3n) is 4.84. The fourth-order valence-corrected chi connectivity index (χ4v) is 3.14. The number of carbonyl (C=O) groups excluding carboxylic acids is 1. The number of nitrogens with one attached hydrogen (secondary N) is 2. The molecule has 1 fully saturated rings. The third kappa shape index (κ3) is 3.85. The van der Waals surface area contributed by atoms with Crippen molar-refractivity contribution in [2.75, 3.05) is 13.1 Å². The molecule has 2 aromatic rings. The Morgan fingerprint density at radius 1 is 1.36 bits per heavy atom. The van der Waals surface area contributed by atoms with Crippen LogP contribution in [0.25, 0.3) is 5.69 Å². The van der Waals surface area contributed by atoms with E-state index in [1.54, 1.807) is 4.68 Å². The third-order valence-corrected chi connectivity index (χ3v) is 4.84. The van der Waals surface area contributed by atoms with Gasteiger partial charge in [-0.25, -0.2) is 4.68 Å². The zero-order valence-corrected chi connectivity index (χ0v) is 15.0. The second-order valence-electron chi connectivity index (χ2n) is 7.10. The van der Waals surface area contributed by atoms with Crippen LogP contribution in [0.15, 0.2) is 30.5 Å². The summed E-state index contributed by atoms with van der Waals surface area (Å²) in [6.07, 6.45) is 2.36. The first-order chi connectivity index (χ1) is 12.0. The highest BCUT2D eigenvalue weighted by Crippen LogP contribution is 2.21. The van der Waals surface area contributed by atoms with Crippen molar-refractivity contribution in [1.82, 2.24) is 20.4 Å². The van der Waals surface area contributed by atoms with E-state index in [2.05, 4.69) is 36.5 Å². The molecule has 134 valence electrons. The van der Waals surface area contributed by atoms with Gasteiger partial charge in [0.1, 0.15) is 0 Å². The monoisotopic (exact) mass is 342 g/mol. The molecular weight excluding hydrogens is 316 g/mol. The minimum atomic E-state index is -0.325. The van der Waals surface area contributed by atoms with Gasteiger partial charge in [-0.2, -0.15) is 5.10 Å². The molecule has 0 saturated carbocycles. The Morgan fingerprint density at radius 2 is 2.08 bits per heavy atom. The number of nitrogens with zero attached hydrogens (tertiary/aromatic N) is 2. The van der Waals surface area contributed by atoms with Crippen LogP contribution in [0.5, 0.6) is 5.75 Å². The number of piperidine rings is 1. The first kappa shape index (κ1) is 17.5. The van der Waals surface area contributed by atoms with Gasteiger partial charge in [-0.3, -0.25) is 4.79 Å². The van der Waals surface area contributed by atoms with Crippen LogP contribution in [0.3, 0.4) is 0 Å². The van der Waals surface area contributed by atoms with Crippen molar-refractivity contribution in [3.8, 4) is 11.4 Å². The Balaban J connectivity index is 1.76. The van der Waals surface area contributed by atoms with E-state index in [0.717, 1.165) is 25.2 Å². The Labute approximate surface area is 148 Å². The molecule has 0 radical (unpaired) electrons.